The minimum absolute atomic E-state index is 0.217. The zero-order valence-electron chi connectivity index (χ0n) is 28.0. The van der Waals surface area contributed by atoms with Crippen LogP contribution in [0.1, 0.15) is 22.3 Å². The molecule has 2 saturated heterocycles. The van der Waals surface area contributed by atoms with Crippen LogP contribution in [-0.4, -0.2) is 38.6 Å². The van der Waals surface area contributed by atoms with Crippen molar-refractivity contribution in [1.29, 1.82) is 0 Å². The fourth-order valence-corrected chi connectivity index (χ4v) is 8.38. The van der Waals surface area contributed by atoms with E-state index in [0.29, 0.717) is 13.2 Å². The molecule has 2 atom stereocenters. The van der Waals surface area contributed by atoms with E-state index in [0.717, 1.165) is 35.5 Å². The van der Waals surface area contributed by atoms with Gasteiger partial charge in [-0.2, -0.15) is 0 Å². The average Bonchev–Trinajstić information content (AvgIpc) is 4.13. The molecule has 51 heavy (non-hydrogen) atoms. The van der Waals surface area contributed by atoms with Gasteiger partial charge in [0.25, 0.3) is 0 Å². The summed E-state index contributed by atoms with van der Waals surface area (Å²) in [5.74, 6) is 1.74. The summed E-state index contributed by atoms with van der Waals surface area (Å²) in [6.45, 7) is 2.74. The normalized spacial score (nSPS) is 20.1. The molecule has 0 radical (unpaired) electrons. The highest BCUT2D eigenvalue weighted by atomic mass is 16.6. The van der Waals surface area contributed by atoms with Crippen LogP contribution in [0.5, 0.6) is 11.5 Å². The van der Waals surface area contributed by atoms with Crippen molar-refractivity contribution < 1.29 is 18.9 Å². The standard InChI is InChI=1S/C47H34O4/c1-2-7-31-24-45-44(23-30(31)6-1)43-18-13-29-5-3-4-8-42(29)46(43)47(45,36-14-9-34-21-38(16-11-32(34)19-36)48-25-40-27-50-40)37-15-10-35-22-39(17-12-33(35)20-37)49-26-41-28-51-41/h1-24,40-41H,25-28H2. The van der Waals surface area contributed by atoms with Crippen LogP contribution in [0.4, 0.5) is 0 Å². The highest BCUT2D eigenvalue weighted by molar-refractivity contribution is 6.04. The lowest BCUT2D eigenvalue weighted by molar-refractivity contribution is 0.263. The molecule has 2 fully saturated rings. The van der Waals surface area contributed by atoms with Crippen molar-refractivity contribution in [3.8, 4) is 22.6 Å². The highest BCUT2D eigenvalue weighted by Gasteiger charge is 2.47. The molecule has 0 aromatic heterocycles. The molecule has 2 unspecified atom stereocenters. The summed E-state index contributed by atoms with van der Waals surface area (Å²) < 4.78 is 22.9. The molecular weight excluding hydrogens is 629 g/mol. The molecule has 4 nitrogen and oxygen atoms in total. The first-order valence-corrected chi connectivity index (χ1v) is 17.8. The molecule has 0 bridgehead atoms. The number of ether oxygens (including phenoxy) is 4. The zero-order valence-corrected chi connectivity index (χ0v) is 28.0. The van der Waals surface area contributed by atoms with Crippen LogP contribution in [0.2, 0.25) is 0 Å². The van der Waals surface area contributed by atoms with E-state index in [4.69, 9.17) is 18.9 Å². The van der Waals surface area contributed by atoms with Crippen LogP contribution in [-0.2, 0) is 14.9 Å². The minimum Gasteiger partial charge on any atom is -0.491 e. The second kappa shape index (κ2) is 11.2. The van der Waals surface area contributed by atoms with Gasteiger partial charge < -0.3 is 18.9 Å². The lowest BCUT2D eigenvalue weighted by Gasteiger charge is -2.35. The highest BCUT2D eigenvalue weighted by Crippen LogP contribution is 2.59. The molecule has 246 valence electrons. The molecule has 11 rings (SSSR count). The van der Waals surface area contributed by atoms with Gasteiger partial charge in [0.05, 0.1) is 18.6 Å². The van der Waals surface area contributed by atoms with Crippen LogP contribution in [0.25, 0.3) is 54.2 Å². The first kappa shape index (κ1) is 29.1. The summed E-state index contributed by atoms with van der Waals surface area (Å²) in [6.07, 6.45) is 0.435. The quantitative estimate of drug-likeness (QED) is 0.152. The van der Waals surface area contributed by atoms with Crippen molar-refractivity contribution in [1.82, 2.24) is 0 Å². The Labute approximate surface area is 295 Å². The van der Waals surface area contributed by atoms with Crippen LogP contribution in [0.15, 0.2) is 146 Å². The summed E-state index contributed by atoms with van der Waals surface area (Å²) in [6, 6.07) is 54.0. The molecule has 8 aromatic carbocycles. The predicted octanol–water partition coefficient (Wildman–Crippen LogP) is 10.2. The van der Waals surface area contributed by atoms with E-state index in [2.05, 4.69) is 146 Å². The molecule has 0 amide bonds. The Morgan fingerprint density at radius 2 is 0.961 bits per heavy atom. The molecule has 1 aliphatic carbocycles. The smallest absolute Gasteiger partial charge is 0.120 e. The number of hydrogen-bond donors (Lipinski definition) is 0. The topological polar surface area (TPSA) is 43.5 Å². The summed E-state index contributed by atoms with van der Waals surface area (Å²) in [4.78, 5) is 0. The van der Waals surface area contributed by atoms with Crippen molar-refractivity contribution in [3.05, 3.63) is 168 Å². The van der Waals surface area contributed by atoms with E-state index in [1.165, 1.54) is 65.7 Å². The van der Waals surface area contributed by atoms with E-state index in [1.54, 1.807) is 0 Å². The Balaban J connectivity index is 1.18. The Hall–Kier alpha value is -5.68. The molecule has 2 aliphatic heterocycles. The monoisotopic (exact) mass is 662 g/mol. The molecule has 8 aromatic rings. The second-order valence-corrected chi connectivity index (χ2v) is 14.2. The molecule has 4 heteroatoms. The molecular formula is C47H34O4. The number of hydrogen-bond acceptors (Lipinski definition) is 4. The van der Waals surface area contributed by atoms with Crippen molar-refractivity contribution in [2.24, 2.45) is 0 Å². The van der Waals surface area contributed by atoms with E-state index >= 15 is 0 Å². The lowest BCUT2D eigenvalue weighted by atomic mass is 9.66. The van der Waals surface area contributed by atoms with E-state index in [-0.39, 0.29) is 12.2 Å². The van der Waals surface area contributed by atoms with Crippen molar-refractivity contribution in [2.75, 3.05) is 26.4 Å². The van der Waals surface area contributed by atoms with Crippen molar-refractivity contribution in [2.45, 2.75) is 17.6 Å². The maximum atomic E-state index is 6.08. The van der Waals surface area contributed by atoms with Gasteiger partial charge in [0, 0.05) is 0 Å². The van der Waals surface area contributed by atoms with Crippen molar-refractivity contribution >= 4 is 43.1 Å². The van der Waals surface area contributed by atoms with Gasteiger partial charge >= 0.3 is 0 Å². The van der Waals surface area contributed by atoms with Crippen LogP contribution < -0.4 is 9.47 Å². The third kappa shape index (κ3) is 4.75. The maximum Gasteiger partial charge on any atom is 0.120 e. The third-order valence-corrected chi connectivity index (χ3v) is 11.1. The second-order valence-electron chi connectivity index (χ2n) is 14.2. The molecule has 0 saturated carbocycles. The molecule has 2 heterocycles. The Kier molecular flexibility index (Phi) is 6.37. The van der Waals surface area contributed by atoms with Crippen molar-refractivity contribution in [3.63, 3.8) is 0 Å². The largest absolute Gasteiger partial charge is 0.491 e. The number of epoxide rings is 2. The van der Waals surface area contributed by atoms with Gasteiger partial charge in [-0.1, -0.05) is 97.1 Å². The lowest BCUT2D eigenvalue weighted by Crippen LogP contribution is -2.29. The Morgan fingerprint density at radius 1 is 0.471 bits per heavy atom. The summed E-state index contributed by atoms with van der Waals surface area (Å²) in [7, 11) is 0. The number of fused-ring (bicyclic) bond motifs is 8. The van der Waals surface area contributed by atoms with Gasteiger partial charge in [-0.05, 0) is 125 Å². The summed E-state index contributed by atoms with van der Waals surface area (Å²) >= 11 is 0. The first-order valence-electron chi connectivity index (χ1n) is 17.8. The van der Waals surface area contributed by atoms with E-state index in [9.17, 15) is 0 Å². The van der Waals surface area contributed by atoms with Gasteiger partial charge in [0.2, 0.25) is 0 Å². The first-order chi connectivity index (χ1) is 25.2. The Bertz CT molecular complexity index is 2590. The zero-order chi connectivity index (χ0) is 33.5. The summed E-state index contributed by atoms with van der Waals surface area (Å²) in [5, 5.41) is 9.66. The minimum atomic E-state index is -0.588. The van der Waals surface area contributed by atoms with Crippen LogP contribution in [0.3, 0.4) is 0 Å². The average molecular weight is 663 g/mol. The van der Waals surface area contributed by atoms with E-state index < -0.39 is 5.41 Å². The van der Waals surface area contributed by atoms with Gasteiger partial charge in [-0.3, -0.25) is 0 Å². The van der Waals surface area contributed by atoms with Crippen LogP contribution in [0, 0.1) is 0 Å². The molecule has 0 N–H and O–H groups in total. The SMILES string of the molecule is c1ccc2cc3c(cc2c1)-c1ccc2ccccc2c1C3(c1ccc2cc(OCC3CO3)ccc2c1)c1ccc2cc(OCC3CO3)ccc2c1. The number of benzene rings is 8. The van der Waals surface area contributed by atoms with Gasteiger partial charge in [-0.15, -0.1) is 0 Å². The molecule has 0 spiro atoms. The maximum absolute atomic E-state index is 6.08. The van der Waals surface area contributed by atoms with Gasteiger partial charge in [0.1, 0.15) is 36.9 Å². The van der Waals surface area contributed by atoms with Gasteiger partial charge in [-0.25, -0.2) is 0 Å². The van der Waals surface area contributed by atoms with Gasteiger partial charge in [0.15, 0.2) is 0 Å². The molecule has 3 aliphatic rings. The third-order valence-electron chi connectivity index (χ3n) is 11.1. The fourth-order valence-electron chi connectivity index (χ4n) is 8.38. The fraction of sp³-hybridized carbons (Fsp3) is 0.149. The van der Waals surface area contributed by atoms with E-state index in [1.807, 2.05) is 0 Å². The summed E-state index contributed by atoms with van der Waals surface area (Å²) in [5.41, 5.74) is 7.10. The number of rotatable bonds is 8. The predicted molar refractivity (Wildman–Crippen MR) is 204 cm³/mol. The van der Waals surface area contributed by atoms with Crippen LogP contribution >= 0.6 is 0 Å². The Morgan fingerprint density at radius 3 is 1.57 bits per heavy atom.